The average Bonchev–Trinajstić information content (AvgIpc) is 2.99. The summed E-state index contributed by atoms with van der Waals surface area (Å²) in [6.45, 7) is 4.57. The molecule has 2 aliphatic rings. The summed E-state index contributed by atoms with van der Waals surface area (Å²) in [5.41, 5.74) is 0. The van der Waals surface area contributed by atoms with E-state index < -0.39 is 0 Å². The standard InChI is InChI=1S/C12H23NO/c1-2-13(9-10-7-8-10)11-5-3-4-6-12(11)14/h10-12,14H,2-9H2,1H3/t11-,12-/m0/s1. The summed E-state index contributed by atoms with van der Waals surface area (Å²) in [6, 6.07) is 0.467. The topological polar surface area (TPSA) is 23.5 Å². The van der Waals surface area contributed by atoms with E-state index in [2.05, 4.69) is 11.8 Å². The second-order valence-electron chi connectivity index (χ2n) is 4.95. The predicted molar refractivity (Wildman–Crippen MR) is 58.2 cm³/mol. The molecule has 0 radical (unpaired) electrons. The van der Waals surface area contributed by atoms with Crippen molar-refractivity contribution in [2.24, 2.45) is 5.92 Å². The van der Waals surface area contributed by atoms with E-state index in [1.165, 1.54) is 38.6 Å². The Hall–Kier alpha value is -0.0800. The lowest BCUT2D eigenvalue weighted by atomic mass is 9.91. The molecule has 2 fully saturated rings. The summed E-state index contributed by atoms with van der Waals surface area (Å²) >= 11 is 0. The molecule has 2 saturated carbocycles. The maximum Gasteiger partial charge on any atom is 0.0695 e. The highest BCUT2D eigenvalue weighted by atomic mass is 16.3. The minimum absolute atomic E-state index is 0.0533. The van der Waals surface area contributed by atoms with Crippen LogP contribution in [0.25, 0.3) is 0 Å². The number of hydrogen-bond donors (Lipinski definition) is 1. The molecule has 82 valence electrons. The van der Waals surface area contributed by atoms with Gasteiger partial charge in [0.2, 0.25) is 0 Å². The van der Waals surface area contributed by atoms with Crippen LogP contribution in [0.3, 0.4) is 0 Å². The van der Waals surface area contributed by atoms with Crippen LogP contribution in [0.4, 0.5) is 0 Å². The number of aliphatic hydroxyl groups is 1. The molecule has 14 heavy (non-hydrogen) atoms. The van der Waals surface area contributed by atoms with Crippen LogP contribution in [-0.2, 0) is 0 Å². The van der Waals surface area contributed by atoms with E-state index in [1.807, 2.05) is 0 Å². The molecule has 0 amide bonds. The first-order valence-electron chi connectivity index (χ1n) is 6.23. The molecular weight excluding hydrogens is 174 g/mol. The molecular formula is C12H23NO. The monoisotopic (exact) mass is 197 g/mol. The van der Waals surface area contributed by atoms with Crippen molar-refractivity contribution in [3.8, 4) is 0 Å². The highest BCUT2D eigenvalue weighted by Crippen LogP contribution is 2.32. The van der Waals surface area contributed by atoms with Crippen LogP contribution >= 0.6 is 0 Å². The minimum Gasteiger partial charge on any atom is -0.391 e. The van der Waals surface area contributed by atoms with Gasteiger partial charge in [0.1, 0.15) is 0 Å². The summed E-state index contributed by atoms with van der Waals surface area (Å²) in [7, 11) is 0. The lowest BCUT2D eigenvalue weighted by Gasteiger charge is -2.37. The molecule has 0 bridgehead atoms. The van der Waals surface area contributed by atoms with Gasteiger partial charge in [-0.05, 0) is 38.1 Å². The summed E-state index contributed by atoms with van der Waals surface area (Å²) in [4.78, 5) is 2.52. The third kappa shape index (κ3) is 2.48. The van der Waals surface area contributed by atoms with Gasteiger partial charge in [0.05, 0.1) is 6.10 Å². The van der Waals surface area contributed by atoms with Crippen LogP contribution in [0.2, 0.25) is 0 Å². The van der Waals surface area contributed by atoms with Gasteiger partial charge >= 0.3 is 0 Å². The third-order valence-corrected chi connectivity index (χ3v) is 3.76. The molecule has 1 N–H and O–H groups in total. The van der Waals surface area contributed by atoms with E-state index in [0.29, 0.717) is 6.04 Å². The second-order valence-corrected chi connectivity index (χ2v) is 4.95. The van der Waals surface area contributed by atoms with E-state index in [0.717, 1.165) is 18.9 Å². The number of nitrogens with zero attached hydrogens (tertiary/aromatic N) is 1. The molecule has 0 aromatic heterocycles. The lowest BCUT2D eigenvalue weighted by molar-refractivity contribution is 0.0200. The van der Waals surface area contributed by atoms with Crippen molar-refractivity contribution >= 4 is 0 Å². The molecule has 0 aliphatic heterocycles. The van der Waals surface area contributed by atoms with E-state index >= 15 is 0 Å². The fourth-order valence-corrected chi connectivity index (χ4v) is 2.65. The zero-order chi connectivity index (χ0) is 9.97. The molecule has 0 saturated heterocycles. The largest absolute Gasteiger partial charge is 0.391 e. The smallest absolute Gasteiger partial charge is 0.0695 e. The number of likely N-dealkylation sites (N-methyl/N-ethyl adjacent to an activating group) is 1. The van der Waals surface area contributed by atoms with E-state index in [9.17, 15) is 5.11 Å². The van der Waals surface area contributed by atoms with E-state index in [4.69, 9.17) is 0 Å². The molecule has 0 aromatic rings. The highest BCUT2D eigenvalue weighted by molar-refractivity contribution is 4.86. The van der Waals surface area contributed by atoms with Gasteiger partial charge in [0.15, 0.2) is 0 Å². The van der Waals surface area contributed by atoms with Gasteiger partial charge in [-0.3, -0.25) is 4.90 Å². The number of rotatable bonds is 4. The van der Waals surface area contributed by atoms with Crippen LogP contribution < -0.4 is 0 Å². The first-order valence-corrected chi connectivity index (χ1v) is 6.23. The van der Waals surface area contributed by atoms with Crippen molar-refractivity contribution in [1.29, 1.82) is 0 Å². The van der Waals surface area contributed by atoms with Gasteiger partial charge in [-0.15, -0.1) is 0 Å². The Balaban J connectivity index is 1.87. The molecule has 0 aromatic carbocycles. The van der Waals surface area contributed by atoms with E-state index in [-0.39, 0.29) is 6.10 Å². The van der Waals surface area contributed by atoms with Crippen molar-refractivity contribution in [2.45, 2.75) is 57.6 Å². The zero-order valence-corrected chi connectivity index (χ0v) is 9.28. The highest BCUT2D eigenvalue weighted by Gasteiger charge is 2.31. The minimum atomic E-state index is -0.0533. The van der Waals surface area contributed by atoms with Crippen LogP contribution in [-0.4, -0.2) is 35.2 Å². The Morgan fingerprint density at radius 1 is 1.14 bits per heavy atom. The molecule has 0 unspecified atom stereocenters. The number of aliphatic hydroxyl groups excluding tert-OH is 1. The molecule has 2 heteroatoms. The maximum absolute atomic E-state index is 9.96. The Kier molecular flexibility index (Phi) is 3.45. The Morgan fingerprint density at radius 2 is 1.86 bits per heavy atom. The Bertz CT molecular complexity index is 179. The van der Waals surface area contributed by atoms with Crippen molar-refractivity contribution < 1.29 is 5.11 Å². The molecule has 0 heterocycles. The van der Waals surface area contributed by atoms with Gasteiger partial charge in [0, 0.05) is 12.6 Å². The molecule has 2 nitrogen and oxygen atoms in total. The van der Waals surface area contributed by atoms with Gasteiger partial charge in [-0.25, -0.2) is 0 Å². The Morgan fingerprint density at radius 3 is 2.43 bits per heavy atom. The fraction of sp³-hybridized carbons (Fsp3) is 1.00. The number of hydrogen-bond acceptors (Lipinski definition) is 2. The molecule has 2 atom stereocenters. The maximum atomic E-state index is 9.96. The van der Waals surface area contributed by atoms with Crippen LogP contribution in [0.15, 0.2) is 0 Å². The van der Waals surface area contributed by atoms with Crippen molar-refractivity contribution in [2.75, 3.05) is 13.1 Å². The second kappa shape index (κ2) is 4.63. The summed E-state index contributed by atoms with van der Waals surface area (Å²) < 4.78 is 0. The van der Waals surface area contributed by atoms with E-state index in [1.54, 1.807) is 0 Å². The first kappa shape index (κ1) is 10.4. The van der Waals surface area contributed by atoms with Crippen molar-refractivity contribution in [1.82, 2.24) is 4.90 Å². The molecule has 0 spiro atoms. The summed E-state index contributed by atoms with van der Waals surface area (Å²) in [5, 5.41) is 9.96. The van der Waals surface area contributed by atoms with Gasteiger partial charge < -0.3 is 5.11 Å². The lowest BCUT2D eigenvalue weighted by Crippen LogP contribution is -2.46. The normalized spacial score (nSPS) is 33.6. The van der Waals surface area contributed by atoms with Crippen LogP contribution in [0, 0.1) is 5.92 Å². The fourth-order valence-electron chi connectivity index (χ4n) is 2.65. The van der Waals surface area contributed by atoms with Gasteiger partial charge in [-0.2, -0.15) is 0 Å². The third-order valence-electron chi connectivity index (χ3n) is 3.76. The Labute approximate surface area is 87.3 Å². The van der Waals surface area contributed by atoms with Crippen LogP contribution in [0.5, 0.6) is 0 Å². The summed E-state index contributed by atoms with van der Waals surface area (Å²) in [6.07, 6.45) is 7.54. The average molecular weight is 197 g/mol. The predicted octanol–water partition coefficient (Wildman–Crippen LogP) is 2.02. The molecule has 2 rings (SSSR count). The zero-order valence-electron chi connectivity index (χ0n) is 9.28. The quantitative estimate of drug-likeness (QED) is 0.745. The first-order chi connectivity index (χ1) is 6.81. The summed E-state index contributed by atoms with van der Waals surface area (Å²) in [5.74, 6) is 0.948. The molecule has 2 aliphatic carbocycles. The van der Waals surface area contributed by atoms with Gasteiger partial charge in [0.25, 0.3) is 0 Å². The van der Waals surface area contributed by atoms with Crippen molar-refractivity contribution in [3.05, 3.63) is 0 Å². The van der Waals surface area contributed by atoms with Crippen molar-refractivity contribution in [3.63, 3.8) is 0 Å². The van der Waals surface area contributed by atoms with Crippen LogP contribution in [0.1, 0.15) is 45.4 Å². The SMILES string of the molecule is CCN(CC1CC1)[C@H]1CCCC[C@@H]1O. The van der Waals surface area contributed by atoms with Gasteiger partial charge in [-0.1, -0.05) is 19.8 Å².